The van der Waals surface area contributed by atoms with Crippen molar-refractivity contribution in [3.63, 3.8) is 0 Å². The van der Waals surface area contributed by atoms with Crippen LogP contribution in [-0.2, 0) is 5.41 Å². The number of hydrogen-bond acceptors (Lipinski definition) is 2. The van der Waals surface area contributed by atoms with Crippen molar-refractivity contribution in [3.8, 4) is 0 Å². The highest BCUT2D eigenvalue weighted by atomic mass is 16.1. The van der Waals surface area contributed by atoms with Crippen molar-refractivity contribution in [1.29, 1.82) is 0 Å². The number of anilines is 3. The molecular weight excluding hydrogens is 354 g/mol. The fourth-order valence-electron chi connectivity index (χ4n) is 4.79. The maximum absolute atomic E-state index is 11.3. The molecule has 0 saturated carbocycles. The Bertz CT molecular complexity index is 1270. The molecule has 29 heavy (non-hydrogen) atoms. The monoisotopic (exact) mass is 377 g/mol. The van der Waals surface area contributed by atoms with E-state index in [0.717, 1.165) is 11.7 Å². The van der Waals surface area contributed by atoms with Crippen LogP contribution >= 0.6 is 0 Å². The second-order valence-electron chi connectivity index (χ2n) is 8.32. The molecule has 0 spiro atoms. The van der Waals surface area contributed by atoms with Gasteiger partial charge in [-0.3, -0.25) is 4.79 Å². The minimum Gasteiger partial charge on any atom is -0.310 e. The lowest BCUT2D eigenvalue weighted by atomic mass is 9.71. The molecule has 2 heteroatoms. The van der Waals surface area contributed by atoms with Crippen LogP contribution in [0.25, 0.3) is 10.8 Å². The van der Waals surface area contributed by atoms with E-state index in [1.165, 1.54) is 39.1 Å². The van der Waals surface area contributed by atoms with Crippen LogP contribution in [0.1, 0.15) is 40.9 Å². The van der Waals surface area contributed by atoms with E-state index in [1.807, 2.05) is 12.1 Å². The zero-order valence-corrected chi connectivity index (χ0v) is 16.9. The van der Waals surface area contributed by atoms with E-state index in [9.17, 15) is 4.79 Å². The Labute approximate surface area is 171 Å². The molecule has 0 bridgehead atoms. The predicted molar refractivity (Wildman–Crippen MR) is 121 cm³/mol. The van der Waals surface area contributed by atoms with Gasteiger partial charge < -0.3 is 4.90 Å². The van der Waals surface area contributed by atoms with Gasteiger partial charge in [0.25, 0.3) is 0 Å². The lowest BCUT2D eigenvalue weighted by Gasteiger charge is -2.43. The van der Waals surface area contributed by atoms with Gasteiger partial charge in [0.15, 0.2) is 0 Å². The first-order valence-corrected chi connectivity index (χ1v) is 10.00. The van der Waals surface area contributed by atoms with Crippen molar-refractivity contribution in [2.24, 2.45) is 0 Å². The number of para-hydroxylation sites is 2. The molecule has 4 aromatic rings. The summed E-state index contributed by atoms with van der Waals surface area (Å²) in [5, 5.41) is 2.30. The summed E-state index contributed by atoms with van der Waals surface area (Å²) < 4.78 is 0. The summed E-state index contributed by atoms with van der Waals surface area (Å²) in [6.07, 6.45) is 0.916. The van der Waals surface area contributed by atoms with Crippen LogP contribution in [0.15, 0.2) is 78.9 Å². The van der Waals surface area contributed by atoms with Crippen molar-refractivity contribution in [2.75, 3.05) is 4.90 Å². The van der Waals surface area contributed by atoms with E-state index in [-0.39, 0.29) is 5.41 Å². The lowest BCUT2D eigenvalue weighted by Crippen LogP contribution is -2.31. The molecule has 0 radical (unpaired) electrons. The molecule has 2 nitrogen and oxygen atoms in total. The average Bonchev–Trinajstić information content (AvgIpc) is 2.74. The van der Waals surface area contributed by atoms with Crippen LogP contribution in [0.3, 0.4) is 0 Å². The SMILES string of the molecule is Cc1ccccc1N1c2ccccc2C(C)(C)c2c1ccc1cc(C=O)ccc21. The molecule has 0 saturated heterocycles. The molecule has 0 unspecified atom stereocenters. The smallest absolute Gasteiger partial charge is 0.150 e. The van der Waals surface area contributed by atoms with Crippen LogP contribution in [0.2, 0.25) is 0 Å². The third-order valence-corrected chi connectivity index (χ3v) is 6.20. The van der Waals surface area contributed by atoms with Crippen molar-refractivity contribution in [1.82, 2.24) is 0 Å². The van der Waals surface area contributed by atoms with Crippen molar-refractivity contribution in [2.45, 2.75) is 26.2 Å². The van der Waals surface area contributed by atoms with Crippen molar-refractivity contribution >= 4 is 34.1 Å². The molecule has 4 aromatic carbocycles. The molecule has 0 aliphatic carbocycles. The minimum atomic E-state index is -0.159. The van der Waals surface area contributed by atoms with Gasteiger partial charge in [-0.25, -0.2) is 0 Å². The number of carbonyl (C=O) groups excluding carboxylic acids is 1. The molecule has 0 atom stereocenters. The van der Waals surface area contributed by atoms with Crippen LogP contribution in [0, 0.1) is 6.92 Å². The Balaban J connectivity index is 1.90. The molecule has 1 aliphatic heterocycles. The maximum atomic E-state index is 11.3. The Kier molecular flexibility index (Phi) is 3.85. The number of nitrogens with zero attached hydrogens (tertiary/aromatic N) is 1. The van der Waals surface area contributed by atoms with Gasteiger partial charge in [-0.1, -0.05) is 68.4 Å². The molecule has 0 aromatic heterocycles. The molecule has 1 heterocycles. The summed E-state index contributed by atoms with van der Waals surface area (Å²) in [6.45, 7) is 6.76. The standard InChI is InChI=1S/C27H23NO/c1-18-8-4-6-10-23(18)28-24-11-7-5-9-22(24)27(2,3)26-21-14-12-19(17-29)16-20(21)13-15-25(26)28/h4-17H,1-3H3. The van der Waals surface area contributed by atoms with E-state index in [2.05, 4.69) is 92.4 Å². The summed E-state index contributed by atoms with van der Waals surface area (Å²) in [6, 6.07) is 27.6. The second-order valence-corrected chi connectivity index (χ2v) is 8.32. The molecule has 1 aliphatic rings. The summed E-state index contributed by atoms with van der Waals surface area (Å²) in [5.41, 5.74) is 8.02. The third-order valence-electron chi connectivity index (χ3n) is 6.20. The Morgan fingerprint density at radius 1 is 0.793 bits per heavy atom. The topological polar surface area (TPSA) is 20.3 Å². The summed E-state index contributed by atoms with van der Waals surface area (Å²) >= 11 is 0. The maximum Gasteiger partial charge on any atom is 0.150 e. The third kappa shape index (κ3) is 2.52. The highest BCUT2D eigenvalue weighted by molar-refractivity contribution is 6.00. The number of carbonyl (C=O) groups is 1. The largest absolute Gasteiger partial charge is 0.310 e. The van der Waals surface area contributed by atoms with Crippen LogP contribution < -0.4 is 4.90 Å². The fourth-order valence-corrected chi connectivity index (χ4v) is 4.79. The molecule has 5 rings (SSSR count). The normalized spacial score (nSPS) is 14.4. The number of rotatable bonds is 2. The van der Waals surface area contributed by atoms with Gasteiger partial charge in [-0.05, 0) is 58.7 Å². The summed E-state index contributed by atoms with van der Waals surface area (Å²) in [5.74, 6) is 0. The molecule has 0 amide bonds. The van der Waals surface area contributed by atoms with Crippen molar-refractivity contribution in [3.05, 3.63) is 101 Å². The zero-order chi connectivity index (χ0) is 20.2. The number of hydrogen-bond donors (Lipinski definition) is 0. The van der Waals surface area contributed by atoms with Crippen molar-refractivity contribution < 1.29 is 4.79 Å². The Morgan fingerprint density at radius 3 is 2.28 bits per heavy atom. The van der Waals surface area contributed by atoms with Gasteiger partial charge in [0.2, 0.25) is 0 Å². The van der Waals surface area contributed by atoms with Gasteiger partial charge in [-0.2, -0.15) is 0 Å². The number of fused-ring (bicyclic) bond motifs is 4. The predicted octanol–water partition coefficient (Wildman–Crippen LogP) is 7.07. The summed E-state index contributed by atoms with van der Waals surface area (Å²) in [7, 11) is 0. The van der Waals surface area contributed by atoms with Crippen LogP contribution in [0.5, 0.6) is 0 Å². The Morgan fingerprint density at radius 2 is 1.52 bits per heavy atom. The lowest BCUT2D eigenvalue weighted by molar-refractivity contribution is 0.112. The van der Waals surface area contributed by atoms with Crippen LogP contribution in [-0.4, -0.2) is 6.29 Å². The second kappa shape index (κ2) is 6.31. The van der Waals surface area contributed by atoms with E-state index in [1.54, 1.807) is 0 Å². The highest BCUT2D eigenvalue weighted by Gasteiger charge is 2.38. The van der Waals surface area contributed by atoms with Gasteiger partial charge in [-0.15, -0.1) is 0 Å². The highest BCUT2D eigenvalue weighted by Crippen LogP contribution is 2.54. The fraction of sp³-hybridized carbons (Fsp3) is 0.148. The Hall–Kier alpha value is -3.39. The van der Waals surface area contributed by atoms with E-state index < -0.39 is 0 Å². The molecule has 0 N–H and O–H groups in total. The number of aldehydes is 1. The first-order valence-electron chi connectivity index (χ1n) is 10.00. The van der Waals surface area contributed by atoms with Gasteiger partial charge in [0.05, 0.1) is 11.4 Å². The van der Waals surface area contributed by atoms with Gasteiger partial charge >= 0.3 is 0 Å². The first kappa shape index (κ1) is 17.7. The van der Waals surface area contributed by atoms with Gasteiger partial charge in [0, 0.05) is 16.7 Å². The van der Waals surface area contributed by atoms with E-state index >= 15 is 0 Å². The minimum absolute atomic E-state index is 0.159. The first-order chi connectivity index (χ1) is 14.0. The summed E-state index contributed by atoms with van der Waals surface area (Å²) in [4.78, 5) is 13.7. The average molecular weight is 377 g/mol. The molecular formula is C27H23NO. The number of aryl methyl sites for hydroxylation is 1. The quantitative estimate of drug-likeness (QED) is 0.348. The zero-order valence-electron chi connectivity index (χ0n) is 16.9. The number of benzene rings is 4. The molecule has 0 fully saturated rings. The van der Waals surface area contributed by atoms with Crippen LogP contribution in [0.4, 0.5) is 17.1 Å². The van der Waals surface area contributed by atoms with Gasteiger partial charge in [0.1, 0.15) is 6.29 Å². The molecule has 142 valence electrons. The van der Waals surface area contributed by atoms with E-state index in [4.69, 9.17) is 0 Å². The van der Waals surface area contributed by atoms with E-state index in [0.29, 0.717) is 5.56 Å².